The second-order valence-electron chi connectivity index (χ2n) is 6.71. The Labute approximate surface area is 113 Å². The van der Waals surface area contributed by atoms with Crippen LogP contribution in [0.5, 0.6) is 0 Å². The van der Waals surface area contributed by atoms with E-state index in [2.05, 4.69) is 13.0 Å². The number of carbonyl (C=O) groups is 1. The molecule has 0 radical (unpaired) electrons. The summed E-state index contributed by atoms with van der Waals surface area (Å²) in [7, 11) is 0. The first-order valence-corrected chi connectivity index (χ1v) is 7.08. The SMILES string of the molecule is C[C@]12CC[C@]3(C1)C(=CC(=O)c1ccccc13)C[C@@H]2O. The highest BCUT2D eigenvalue weighted by atomic mass is 16.3. The van der Waals surface area contributed by atoms with Crippen molar-refractivity contribution < 1.29 is 9.90 Å². The molecule has 0 unspecified atom stereocenters. The quantitative estimate of drug-likeness (QED) is 0.772. The molecule has 0 amide bonds. The summed E-state index contributed by atoms with van der Waals surface area (Å²) in [5.41, 5.74) is 3.28. The Morgan fingerprint density at radius 1 is 1.26 bits per heavy atom. The van der Waals surface area contributed by atoms with Crippen molar-refractivity contribution in [2.75, 3.05) is 0 Å². The van der Waals surface area contributed by atoms with Gasteiger partial charge in [0.2, 0.25) is 0 Å². The van der Waals surface area contributed by atoms with E-state index in [0.717, 1.165) is 24.8 Å². The zero-order chi connectivity index (χ0) is 13.3. The summed E-state index contributed by atoms with van der Waals surface area (Å²) in [5.74, 6) is 0.110. The first-order valence-electron chi connectivity index (χ1n) is 7.08. The van der Waals surface area contributed by atoms with Gasteiger partial charge < -0.3 is 5.11 Å². The highest BCUT2D eigenvalue weighted by molar-refractivity contribution is 6.08. The fourth-order valence-corrected chi connectivity index (χ4v) is 4.52. The molecule has 2 nitrogen and oxygen atoms in total. The molecule has 3 aliphatic rings. The van der Waals surface area contributed by atoms with E-state index in [9.17, 15) is 9.90 Å². The molecule has 0 heterocycles. The molecule has 3 atom stereocenters. The van der Waals surface area contributed by atoms with Crippen LogP contribution in [0.1, 0.15) is 48.5 Å². The largest absolute Gasteiger partial charge is 0.392 e. The van der Waals surface area contributed by atoms with Crippen molar-refractivity contribution in [1.82, 2.24) is 0 Å². The average Bonchev–Trinajstić information content (AvgIpc) is 2.72. The third kappa shape index (κ3) is 1.28. The zero-order valence-electron chi connectivity index (χ0n) is 11.1. The molecule has 0 saturated heterocycles. The van der Waals surface area contributed by atoms with E-state index in [1.165, 1.54) is 11.1 Å². The van der Waals surface area contributed by atoms with Gasteiger partial charge in [-0.3, -0.25) is 4.79 Å². The van der Waals surface area contributed by atoms with Gasteiger partial charge in [-0.15, -0.1) is 0 Å². The summed E-state index contributed by atoms with van der Waals surface area (Å²) in [5, 5.41) is 10.4. The first-order chi connectivity index (χ1) is 9.05. The summed E-state index contributed by atoms with van der Waals surface area (Å²) < 4.78 is 0. The fourth-order valence-electron chi connectivity index (χ4n) is 4.52. The van der Waals surface area contributed by atoms with Crippen molar-refractivity contribution in [1.29, 1.82) is 0 Å². The van der Waals surface area contributed by atoms with E-state index >= 15 is 0 Å². The number of aliphatic hydroxyl groups excluding tert-OH is 1. The van der Waals surface area contributed by atoms with Crippen LogP contribution in [0, 0.1) is 5.41 Å². The van der Waals surface area contributed by atoms with E-state index in [1.807, 2.05) is 18.2 Å². The van der Waals surface area contributed by atoms with E-state index in [4.69, 9.17) is 0 Å². The number of ketones is 1. The third-order valence-electron chi connectivity index (χ3n) is 5.67. The smallest absolute Gasteiger partial charge is 0.186 e. The molecule has 2 bridgehead atoms. The summed E-state index contributed by atoms with van der Waals surface area (Å²) in [6, 6.07) is 8.03. The lowest BCUT2D eigenvalue weighted by atomic mass is 9.59. The third-order valence-corrected chi connectivity index (χ3v) is 5.67. The maximum Gasteiger partial charge on any atom is 0.186 e. The lowest BCUT2D eigenvalue weighted by Crippen LogP contribution is -2.43. The number of benzene rings is 1. The van der Waals surface area contributed by atoms with Crippen LogP contribution >= 0.6 is 0 Å². The number of fused-ring (bicyclic) bond motifs is 2. The zero-order valence-corrected chi connectivity index (χ0v) is 11.1. The highest BCUT2D eigenvalue weighted by Crippen LogP contribution is 2.62. The minimum atomic E-state index is -0.299. The van der Waals surface area contributed by atoms with Crippen LogP contribution < -0.4 is 0 Å². The Morgan fingerprint density at radius 3 is 2.89 bits per heavy atom. The van der Waals surface area contributed by atoms with Gasteiger partial charge in [0.05, 0.1) is 6.10 Å². The van der Waals surface area contributed by atoms with Crippen LogP contribution in [0.25, 0.3) is 0 Å². The summed E-state index contributed by atoms with van der Waals surface area (Å²) >= 11 is 0. The first kappa shape index (κ1) is 11.4. The molecule has 19 heavy (non-hydrogen) atoms. The maximum absolute atomic E-state index is 12.2. The van der Waals surface area contributed by atoms with Crippen LogP contribution in [0.15, 0.2) is 35.9 Å². The molecular weight excluding hydrogens is 236 g/mol. The summed E-state index contributed by atoms with van der Waals surface area (Å²) in [6.07, 6.45) is 5.27. The van der Waals surface area contributed by atoms with Crippen molar-refractivity contribution in [3.05, 3.63) is 47.0 Å². The van der Waals surface area contributed by atoms with Gasteiger partial charge in [0.1, 0.15) is 0 Å². The predicted octanol–water partition coefficient (Wildman–Crippen LogP) is 3.00. The van der Waals surface area contributed by atoms with Gasteiger partial charge in [-0.1, -0.05) is 36.8 Å². The van der Waals surface area contributed by atoms with Crippen LogP contribution in [0.3, 0.4) is 0 Å². The number of aliphatic hydroxyl groups is 1. The van der Waals surface area contributed by atoms with Crippen LogP contribution in [-0.4, -0.2) is 17.0 Å². The summed E-state index contributed by atoms with van der Waals surface area (Å²) in [6.45, 7) is 2.20. The number of hydrogen-bond acceptors (Lipinski definition) is 2. The molecule has 1 N–H and O–H groups in total. The summed E-state index contributed by atoms with van der Waals surface area (Å²) in [4.78, 5) is 12.2. The second kappa shape index (κ2) is 3.37. The molecular formula is C17H18O2. The molecule has 98 valence electrons. The minimum absolute atomic E-state index is 0.0187. The molecule has 1 spiro atoms. The van der Waals surface area contributed by atoms with Gasteiger partial charge in [-0.05, 0) is 42.7 Å². The van der Waals surface area contributed by atoms with E-state index in [-0.39, 0.29) is 22.7 Å². The number of carbonyl (C=O) groups excluding carboxylic acids is 1. The van der Waals surface area contributed by atoms with Crippen molar-refractivity contribution in [2.24, 2.45) is 5.41 Å². The standard InChI is InChI=1S/C17H18O2/c1-16-6-7-17(10-16)11(9-15(16)19)8-14(18)12-4-2-3-5-13(12)17/h2-5,8,15,19H,6-7,9-10H2,1H3/t15-,16-,17-/m0/s1. The minimum Gasteiger partial charge on any atom is -0.392 e. The molecule has 0 aliphatic heterocycles. The van der Waals surface area contributed by atoms with Crippen LogP contribution in [0.2, 0.25) is 0 Å². The maximum atomic E-state index is 12.2. The average molecular weight is 254 g/mol. The van der Waals surface area contributed by atoms with E-state index < -0.39 is 0 Å². The molecule has 2 fully saturated rings. The lowest BCUT2D eigenvalue weighted by molar-refractivity contribution is 0.0235. The highest BCUT2D eigenvalue weighted by Gasteiger charge is 2.57. The van der Waals surface area contributed by atoms with Crippen LogP contribution in [-0.2, 0) is 5.41 Å². The van der Waals surface area contributed by atoms with Gasteiger partial charge in [0.15, 0.2) is 5.78 Å². The van der Waals surface area contributed by atoms with Crippen molar-refractivity contribution in [3.8, 4) is 0 Å². The normalized spacial score (nSPS) is 39.6. The van der Waals surface area contributed by atoms with Crippen molar-refractivity contribution >= 4 is 5.78 Å². The van der Waals surface area contributed by atoms with Gasteiger partial charge in [0, 0.05) is 11.0 Å². The Bertz CT molecular complexity index is 615. The monoisotopic (exact) mass is 254 g/mol. The van der Waals surface area contributed by atoms with Crippen molar-refractivity contribution in [2.45, 2.75) is 44.1 Å². The Balaban J connectivity index is 1.97. The Morgan fingerprint density at radius 2 is 2.05 bits per heavy atom. The van der Waals surface area contributed by atoms with Gasteiger partial charge in [-0.25, -0.2) is 0 Å². The topological polar surface area (TPSA) is 37.3 Å². The fraction of sp³-hybridized carbons (Fsp3) is 0.471. The molecule has 0 aromatic heterocycles. The molecule has 2 saturated carbocycles. The lowest BCUT2D eigenvalue weighted by Gasteiger charge is -2.45. The second-order valence-corrected chi connectivity index (χ2v) is 6.71. The van der Waals surface area contributed by atoms with E-state index in [0.29, 0.717) is 6.42 Å². The van der Waals surface area contributed by atoms with Crippen LogP contribution in [0.4, 0.5) is 0 Å². The van der Waals surface area contributed by atoms with Gasteiger partial charge in [0.25, 0.3) is 0 Å². The number of rotatable bonds is 0. The molecule has 3 aliphatic carbocycles. The van der Waals surface area contributed by atoms with Gasteiger partial charge >= 0.3 is 0 Å². The number of hydrogen-bond donors (Lipinski definition) is 1. The predicted molar refractivity (Wildman–Crippen MR) is 73.1 cm³/mol. The molecule has 1 aromatic carbocycles. The van der Waals surface area contributed by atoms with Crippen molar-refractivity contribution in [3.63, 3.8) is 0 Å². The molecule has 2 heteroatoms. The molecule has 4 rings (SSSR count). The Kier molecular flexibility index (Phi) is 2.03. The van der Waals surface area contributed by atoms with Gasteiger partial charge in [-0.2, -0.15) is 0 Å². The van der Waals surface area contributed by atoms with E-state index in [1.54, 1.807) is 6.08 Å². The number of allylic oxidation sites excluding steroid dienone is 1. The Hall–Kier alpha value is -1.41. The molecule has 1 aromatic rings.